The number of esters is 1. The van der Waals surface area contributed by atoms with Crippen LogP contribution in [0.4, 0.5) is 0 Å². The van der Waals surface area contributed by atoms with Gasteiger partial charge in [0.05, 0.1) is 18.5 Å². The lowest BCUT2D eigenvalue weighted by Crippen LogP contribution is -2.40. The Hall–Kier alpha value is -2.75. The Morgan fingerprint density at radius 2 is 2.00 bits per heavy atom. The number of rotatable bonds is 6. The van der Waals surface area contributed by atoms with E-state index < -0.39 is 10.0 Å². The van der Waals surface area contributed by atoms with Gasteiger partial charge in [-0.15, -0.1) is 0 Å². The van der Waals surface area contributed by atoms with E-state index in [4.69, 9.17) is 21.1 Å². The number of ether oxygens (including phenoxy) is 2. The van der Waals surface area contributed by atoms with Gasteiger partial charge < -0.3 is 9.47 Å². The van der Waals surface area contributed by atoms with Crippen molar-refractivity contribution in [3.8, 4) is 5.75 Å². The summed E-state index contributed by atoms with van der Waals surface area (Å²) >= 11 is 6.27. The zero-order valence-corrected chi connectivity index (χ0v) is 19.0. The van der Waals surface area contributed by atoms with Crippen LogP contribution >= 0.6 is 11.6 Å². The minimum Gasteiger partial charge on any atom is -0.497 e. The van der Waals surface area contributed by atoms with Crippen molar-refractivity contribution >= 4 is 38.5 Å². The van der Waals surface area contributed by atoms with Gasteiger partial charge in [0.1, 0.15) is 22.4 Å². The van der Waals surface area contributed by atoms with Crippen LogP contribution in [0, 0.1) is 5.92 Å². The van der Waals surface area contributed by atoms with Crippen molar-refractivity contribution in [1.82, 2.24) is 14.3 Å². The monoisotopic (exact) mass is 475 g/mol. The Kier molecular flexibility index (Phi) is 6.59. The number of aromatic nitrogens is 2. The molecule has 0 amide bonds. The SMILES string of the molecule is COc1ccc2cc(COC(=O)C3CCN(S(=O)(=O)c4cccnc4)CC3)c(Cl)nc2c1. The molecule has 0 atom stereocenters. The summed E-state index contributed by atoms with van der Waals surface area (Å²) in [5, 5.41) is 1.12. The number of carbonyl (C=O) groups excluding carboxylic acids is 1. The summed E-state index contributed by atoms with van der Waals surface area (Å²) in [5.74, 6) is -0.0572. The van der Waals surface area contributed by atoms with E-state index in [1.54, 1.807) is 19.2 Å². The first-order chi connectivity index (χ1) is 15.4. The predicted octanol–water partition coefficient (Wildman–Crippen LogP) is 3.44. The van der Waals surface area contributed by atoms with Crippen LogP contribution in [-0.2, 0) is 26.2 Å². The molecule has 0 bridgehead atoms. The van der Waals surface area contributed by atoms with Crippen LogP contribution in [-0.4, -0.2) is 48.9 Å². The number of methoxy groups -OCH3 is 1. The largest absolute Gasteiger partial charge is 0.497 e. The highest BCUT2D eigenvalue weighted by atomic mass is 35.5. The molecule has 2 aromatic heterocycles. The Morgan fingerprint density at radius 3 is 2.69 bits per heavy atom. The first-order valence-electron chi connectivity index (χ1n) is 10.1. The van der Waals surface area contributed by atoms with Crippen LogP contribution < -0.4 is 4.74 Å². The van der Waals surface area contributed by atoms with Gasteiger partial charge in [0.25, 0.3) is 0 Å². The Labute approximate surface area is 191 Å². The fraction of sp³-hybridized carbons (Fsp3) is 0.318. The number of benzene rings is 1. The van der Waals surface area contributed by atoms with Gasteiger partial charge in [-0.1, -0.05) is 11.6 Å². The highest BCUT2D eigenvalue weighted by molar-refractivity contribution is 7.89. The summed E-state index contributed by atoms with van der Waals surface area (Å²) < 4.78 is 37.5. The van der Waals surface area contributed by atoms with E-state index in [0.29, 0.717) is 29.7 Å². The Morgan fingerprint density at radius 1 is 1.22 bits per heavy atom. The summed E-state index contributed by atoms with van der Waals surface area (Å²) in [7, 11) is -2.04. The summed E-state index contributed by atoms with van der Waals surface area (Å²) in [6.45, 7) is 0.495. The summed E-state index contributed by atoms with van der Waals surface area (Å²) in [6.07, 6.45) is 3.63. The quantitative estimate of drug-likeness (QED) is 0.397. The van der Waals surface area contributed by atoms with Gasteiger partial charge in [0, 0.05) is 42.5 Å². The van der Waals surface area contributed by atoms with Crippen molar-refractivity contribution < 1.29 is 22.7 Å². The van der Waals surface area contributed by atoms with E-state index in [1.807, 2.05) is 18.2 Å². The van der Waals surface area contributed by atoms with E-state index >= 15 is 0 Å². The number of piperidine rings is 1. The molecule has 0 radical (unpaired) electrons. The lowest BCUT2D eigenvalue weighted by atomic mass is 9.98. The summed E-state index contributed by atoms with van der Waals surface area (Å²) in [4.78, 5) is 21.0. The van der Waals surface area contributed by atoms with Crippen molar-refractivity contribution in [1.29, 1.82) is 0 Å². The lowest BCUT2D eigenvalue weighted by Gasteiger charge is -2.30. The fourth-order valence-corrected chi connectivity index (χ4v) is 5.28. The lowest BCUT2D eigenvalue weighted by molar-refractivity contribution is -0.151. The molecule has 0 aliphatic carbocycles. The Bertz CT molecular complexity index is 1230. The molecule has 1 fully saturated rings. The van der Waals surface area contributed by atoms with Crippen molar-refractivity contribution in [2.75, 3.05) is 20.2 Å². The third-order valence-electron chi connectivity index (χ3n) is 5.48. The number of carbonyl (C=O) groups is 1. The van der Waals surface area contributed by atoms with Crippen molar-refractivity contribution in [2.45, 2.75) is 24.3 Å². The molecule has 10 heteroatoms. The van der Waals surface area contributed by atoms with Gasteiger partial charge in [-0.25, -0.2) is 13.4 Å². The zero-order valence-electron chi connectivity index (χ0n) is 17.4. The van der Waals surface area contributed by atoms with Crippen LogP contribution in [0.3, 0.4) is 0 Å². The second-order valence-corrected chi connectivity index (χ2v) is 9.77. The van der Waals surface area contributed by atoms with E-state index in [2.05, 4.69) is 9.97 Å². The second-order valence-electron chi connectivity index (χ2n) is 7.47. The molecule has 0 N–H and O–H groups in total. The maximum absolute atomic E-state index is 12.7. The minimum absolute atomic E-state index is 0.000827. The number of hydrogen-bond acceptors (Lipinski definition) is 7. The predicted molar refractivity (Wildman–Crippen MR) is 119 cm³/mol. The summed E-state index contributed by atoms with van der Waals surface area (Å²) in [6, 6.07) is 10.4. The molecule has 1 saturated heterocycles. The van der Waals surface area contributed by atoms with Crippen LogP contribution in [0.2, 0.25) is 5.15 Å². The van der Waals surface area contributed by atoms with E-state index in [-0.39, 0.29) is 41.6 Å². The highest BCUT2D eigenvalue weighted by Crippen LogP contribution is 2.27. The second kappa shape index (κ2) is 9.40. The first-order valence-corrected chi connectivity index (χ1v) is 11.9. The molecule has 168 valence electrons. The van der Waals surface area contributed by atoms with Crippen molar-refractivity contribution in [3.05, 3.63) is 59.5 Å². The maximum atomic E-state index is 12.7. The molecule has 4 rings (SSSR count). The maximum Gasteiger partial charge on any atom is 0.309 e. The molecule has 1 aliphatic heterocycles. The summed E-state index contributed by atoms with van der Waals surface area (Å²) in [5.41, 5.74) is 1.29. The molecule has 8 nitrogen and oxygen atoms in total. The molecular weight excluding hydrogens is 454 g/mol. The first kappa shape index (κ1) is 22.4. The molecular formula is C22H22ClN3O5S. The molecule has 3 heterocycles. The minimum atomic E-state index is -3.61. The van der Waals surface area contributed by atoms with E-state index in [1.165, 1.54) is 22.8 Å². The van der Waals surface area contributed by atoms with Crippen LogP contribution in [0.25, 0.3) is 10.9 Å². The molecule has 1 aromatic carbocycles. The number of sulfonamides is 1. The average Bonchev–Trinajstić information content (AvgIpc) is 2.82. The van der Waals surface area contributed by atoms with Gasteiger partial charge in [-0.05, 0) is 43.2 Å². The molecule has 1 aliphatic rings. The number of halogens is 1. The highest BCUT2D eigenvalue weighted by Gasteiger charge is 2.33. The van der Waals surface area contributed by atoms with Crippen LogP contribution in [0.1, 0.15) is 18.4 Å². The van der Waals surface area contributed by atoms with E-state index in [0.717, 1.165) is 5.39 Å². The molecule has 3 aromatic rings. The molecule has 0 saturated carbocycles. The smallest absolute Gasteiger partial charge is 0.309 e. The number of nitrogens with zero attached hydrogens (tertiary/aromatic N) is 3. The van der Waals surface area contributed by atoms with E-state index in [9.17, 15) is 13.2 Å². The number of pyridine rings is 2. The fourth-order valence-electron chi connectivity index (χ4n) is 3.64. The van der Waals surface area contributed by atoms with Crippen LogP contribution in [0.5, 0.6) is 5.75 Å². The van der Waals surface area contributed by atoms with Gasteiger partial charge >= 0.3 is 5.97 Å². The zero-order chi connectivity index (χ0) is 22.7. The van der Waals surface area contributed by atoms with Gasteiger partial charge in [-0.3, -0.25) is 9.78 Å². The number of fused-ring (bicyclic) bond motifs is 1. The average molecular weight is 476 g/mol. The third kappa shape index (κ3) is 4.69. The molecule has 0 spiro atoms. The Balaban J connectivity index is 1.36. The standard InChI is InChI=1S/C22H22ClN3O5S/c1-30-18-5-4-16-11-17(21(23)25-20(16)12-18)14-31-22(27)15-6-9-26(10-7-15)32(28,29)19-3-2-8-24-13-19/h2-5,8,11-13,15H,6-7,9-10,14H2,1H3. The van der Waals surface area contributed by atoms with Crippen molar-refractivity contribution in [3.63, 3.8) is 0 Å². The van der Waals surface area contributed by atoms with Crippen molar-refractivity contribution in [2.24, 2.45) is 5.92 Å². The van der Waals surface area contributed by atoms with Gasteiger partial charge in [-0.2, -0.15) is 4.31 Å². The van der Waals surface area contributed by atoms with Gasteiger partial charge in [0.2, 0.25) is 10.0 Å². The third-order valence-corrected chi connectivity index (χ3v) is 7.69. The molecule has 0 unspecified atom stereocenters. The van der Waals surface area contributed by atoms with Gasteiger partial charge in [0.15, 0.2) is 0 Å². The number of hydrogen-bond donors (Lipinski definition) is 0. The normalized spacial score (nSPS) is 15.6. The topological polar surface area (TPSA) is 98.7 Å². The van der Waals surface area contributed by atoms with Crippen LogP contribution in [0.15, 0.2) is 53.7 Å². The molecule has 32 heavy (non-hydrogen) atoms.